The molecule has 0 saturated heterocycles. The molecule has 1 aliphatic carbocycles. The zero-order valence-electron chi connectivity index (χ0n) is 12.2. The van der Waals surface area contributed by atoms with Crippen molar-refractivity contribution in [3.05, 3.63) is 24.0 Å². The average Bonchev–Trinajstić information content (AvgIpc) is 3.11. The number of carboxylic acid groups (broad SMARTS) is 1. The van der Waals surface area contributed by atoms with Crippen LogP contribution in [0.25, 0.3) is 0 Å². The molecule has 0 aliphatic heterocycles. The Hall–Kier alpha value is -1.82. The number of amides is 1. The first-order valence-electron chi connectivity index (χ1n) is 7.28. The number of ether oxygens (including phenoxy) is 1. The number of hydrogen-bond acceptors (Lipinski definition) is 3. The van der Waals surface area contributed by atoms with Crippen LogP contribution in [0.15, 0.2) is 18.3 Å². The summed E-state index contributed by atoms with van der Waals surface area (Å²) in [5.41, 5.74) is 0.580. The number of nitrogens with zero attached hydrogens (tertiary/aromatic N) is 1. The highest BCUT2D eigenvalue weighted by Gasteiger charge is 2.33. The smallest absolute Gasteiger partial charge is 0.306 e. The number of aliphatic carboxylic acids is 1. The predicted molar refractivity (Wildman–Crippen MR) is 77.1 cm³/mol. The molecule has 0 aromatic carbocycles. The third-order valence-corrected chi connectivity index (χ3v) is 4.10. The van der Waals surface area contributed by atoms with Crippen molar-refractivity contribution in [3.8, 4) is 0 Å². The highest BCUT2D eigenvalue weighted by Crippen LogP contribution is 2.31. The lowest BCUT2D eigenvalue weighted by Crippen LogP contribution is -2.34. The molecule has 1 fully saturated rings. The van der Waals surface area contributed by atoms with Gasteiger partial charge in [0.2, 0.25) is 0 Å². The van der Waals surface area contributed by atoms with Gasteiger partial charge in [-0.05, 0) is 30.9 Å². The molecule has 0 spiro atoms. The highest BCUT2D eigenvalue weighted by atomic mass is 16.5. The van der Waals surface area contributed by atoms with Crippen molar-refractivity contribution in [2.24, 2.45) is 11.8 Å². The summed E-state index contributed by atoms with van der Waals surface area (Å²) in [6.45, 7) is 1.58. The van der Waals surface area contributed by atoms with E-state index in [0.29, 0.717) is 31.8 Å². The van der Waals surface area contributed by atoms with Crippen LogP contribution >= 0.6 is 0 Å². The Morgan fingerprint density at radius 3 is 3.00 bits per heavy atom. The molecule has 1 aliphatic rings. The van der Waals surface area contributed by atoms with Crippen molar-refractivity contribution in [2.45, 2.75) is 25.8 Å². The van der Waals surface area contributed by atoms with E-state index in [9.17, 15) is 9.59 Å². The second kappa shape index (κ2) is 7.26. The Morgan fingerprint density at radius 1 is 1.48 bits per heavy atom. The second-order valence-corrected chi connectivity index (χ2v) is 5.43. The molecular weight excluding hydrogens is 272 g/mol. The molecular formula is C15H22N2O4. The van der Waals surface area contributed by atoms with Gasteiger partial charge in [-0.2, -0.15) is 0 Å². The van der Waals surface area contributed by atoms with Crippen LogP contribution in [0.5, 0.6) is 0 Å². The van der Waals surface area contributed by atoms with Crippen LogP contribution in [0.4, 0.5) is 0 Å². The van der Waals surface area contributed by atoms with Crippen LogP contribution in [0.3, 0.4) is 0 Å². The molecule has 1 heterocycles. The molecule has 1 aromatic rings. The first-order valence-corrected chi connectivity index (χ1v) is 7.28. The summed E-state index contributed by atoms with van der Waals surface area (Å²) in [6.07, 6.45) is 4.33. The number of carbonyl (C=O) groups is 2. The van der Waals surface area contributed by atoms with E-state index in [0.717, 1.165) is 12.8 Å². The SMILES string of the molecule is COCCn1cccc1C(=O)NCC1CCCC1C(=O)O. The lowest BCUT2D eigenvalue weighted by molar-refractivity contribution is -0.142. The quantitative estimate of drug-likeness (QED) is 0.796. The molecule has 6 heteroatoms. The molecule has 21 heavy (non-hydrogen) atoms. The Labute approximate surface area is 124 Å². The molecule has 1 aromatic heterocycles. The van der Waals surface area contributed by atoms with Crippen LogP contribution in [0, 0.1) is 11.8 Å². The van der Waals surface area contributed by atoms with E-state index >= 15 is 0 Å². The molecule has 1 saturated carbocycles. The van der Waals surface area contributed by atoms with Gasteiger partial charge in [0.1, 0.15) is 5.69 Å². The van der Waals surface area contributed by atoms with Crippen LogP contribution in [-0.2, 0) is 16.1 Å². The van der Waals surface area contributed by atoms with Crippen molar-refractivity contribution in [2.75, 3.05) is 20.3 Å². The molecule has 1 amide bonds. The fraction of sp³-hybridized carbons (Fsp3) is 0.600. The highest BCUT2D eigenvalue weighted by molar-refractivity contribution is 5.92. The van der Waals surface area contributed by atoms with Crippen LogP contribution < -0.4 is 5.32 Å². The number of aromatic nitrogens is 1. The second-order valence-electron chi connectivity index (χ2n) is 5.43. The Kier molecular flexibility index (Phi) is 5.38. The maximum absolute atomic E-state index is 12.2. The van der Waals surface area contributed by atoms with E-state index in [1.165, 1.54) is 0 Å². The molecule has 2 N–H and O–H groups in total. The van der Waals surface area contributed by atoms with Gasteiger partial charge in [0.15, 0.2) is 0 Å². The third kappa shape index (κ3) is 3.85. The maximum atomic E-state index is 12.2. The maximum Gasteiger partial charge on any atom is 0.306 e. The van der Waals surface area contributed by atoms with Gasteiger partial charge in [-0.3, -0.25) is 9.59 Å². The van der Waals surface area contributed by atoms with E-state index in [1.54, 1.807) is 13.2 Å². The van der Waals surface area contributed by atoms with E-state index < -0.39 is 5.97 Å². The summed E-state index contributed by atoms with van der Waals surface area (Å²) >= 11 is 0. The zero-order valence-corrected chi connectivity index (χ0v) is 12.2. The van der Waals surface area contributed by atoms with Crippen molar-refractivity contribution in [3.63, 3.8) is 0 Å². The van der Waals surface area contributed by atoms with Gasteiger partial charge >= 0.3 is 5.97 Å². The fourth-order valence-electron chi connectivity index (χ4n) is 2.93. The van der Waals surface area contributed by atoms with E-state index in [1.807, 2.05) is 16.8 Å². The Bertz CT molecular complexity index is 498. The summed E-state index contributed by atoms with van der Waals surface area (Å²) in [5, 5.41) is 12.0. The zero-order chi connectivity index (χ0) is 15.2. The fourth-order valence-corrected chi connectivity index (χ4v) is 2.93. The number of carboxylic acids is 1. The van der Waals surface area contributed by atoms with Crippen LogP contribution in [-0.4, -0.2) is 41.8 Å². The van der Waals surface area contributed by atoms with Gasteiger partial charge in [-0.25, -0.2) is 0 Å². The van der Waals surface area contributed by atoms with Gasteiger partial charge in [0.25, 0.3) is 5.91 Å². The minimum absolute atomic E-state index is 0.0360. The van der Waals surface area contributed by atoms with Gasteiger partial charge in [-0.15, -0.1) is 0 Å². The number of nitrogens with one attached hydrogen (secondary N) is 1. The normalized spacial score (nSPS) is 21.4. The summed E-state index contributed by atoms with van der Waals surface area (Å²) in [5.74, 6) is -1.21. The van der Waals surface area contributed by atoms with Crippen molar-refractivity contribution >= 4 is 11.9 Å². The van der Waals surface area contributed by atoms with Gasteiger partial charge in [0.05, 0.1) is 12.5 Å². The molecule has 2 unspecified atom stereocenters. The van der Waals surface area contributed by atoms with Gasteiger partial charge in [-0.1, -0.05) is 6.42 Å². The van der Waals surface area contributed by atoms with Crippen molar-refractivity contribution in [1.29, 1.82) is 0 Å². The summed E-state index contributed by atoms with van der Waals surface area (Å²) < 4.78 is 6.85. The molecule has 116 valence electrons. The van der Waals surface area contributed by atoms with E-state index in [-0.39, 0.29) is 17.7 Å². The summed E-state index contributed by atoms with van der Waals surface area (Å²) in [6, 6.07) is 3.58. The van der Waals surface area contributed by atoms with Gasteiger partial charge in [0, 0.05) is 26.4 Å². The Morgan fingerprint density at radius 2 is 2.29 bits per heavy atom. The minimum atomic E-state index is -0.754. The Balaban J connectivity index is 1.90. The van der Waals surface area contributed by atoms with Crippen molar-refractivity contribution < 1.29 is 19.4 Å². The standard InChI is InChI=1S/C15H22N2O4/c1-21-9-8-17-7-3-6-13(17)14(18)16-10-11-4-2-5-12(11)15(19)20/h3,6-7,11-12H,2,4-5,8-10H2,1H3,(H,16,18)(H,19,20). The average molecular weight is 294 g/mol. The van der Waals surface area contributed by atoms with Crippen LogP contribution in [0.2, 0.25) is 0 Å². The lowest BCUT2D eigenvalue weighted by Gasteiger charge is -2.16. The predicted octanol–water partition coefficient (Wildman–Crippen LogP) is 1.37. The summed E-state index contributed by atoms with van der Waals surface area (Å²) in [4.78, 5) is 23.3. The first kappa shape index (κ1) is 15.6. The molecule has 2 atom stereocenters. The first-order chi connectivity index (χ1) is 10.1. The monoisotopic (exact) mass is 294 g/mol. The van der Waals surface area contributed by atoms with E-state index in [4.69, 9.17) is 9.84 Å². The van der Waals surface area contributed by atoms with Crippen LogP contribution in [0.1, 0.15) is 29.8 Å². The number of methoxy groups -OCH3 is 1. The minimum Gasteiger partial charge on any atom is -0.481 e. The lowest BCUT2D eigenvalue weighted by atomic mass is 9.96. The summed E-state index contributed by atoms with van der Waals surface area (Å²) in [7, 11) is 1.62. The topological polar surface area (TPSA) is 80.6 Å². The third-order valence-electron chi connectivity index (χ3n) is 4.10. The molecule has 0 bridgehead atoms. The molecule has 2 rings (SSSR count). The number of carbonyl (C=O) groups excluding carboxylic acids is 1. The molecule has 6 nitrogen and oxygen atoms in total. The van der Waals surface area contributed by atoms with E-state index in [2.05, 4.69) is 5.32 Å². The largest absolute Gasteiger partial charge is 0.481 e. The molecule has 0 radical (unpaired) electrons. The van der Waals surface area contributed by atoms with Crippen molar-refractivity contribution in [1.82, 2.24) is 9.88 Å². The number of rotatable bonds is 7. The number of hydrogen-bond donors (Lipinski definition) is 2. The van der Waals surface area contributed by atoms with Gasteiger partial charge < -0.3 is 19.7 Å².